The van der Waals surface area contributed by atoms with Gasteiger partial charge in [-0.25, -0.2) is 0 Å². The first-order chi connectivity index (χ1) is 15.6. The lowest BCUT2D eigenvalue weighted by molar-refractivity contribution is 0.102. The third kappa shape index (κ3) is 1.91. The Hall–Kier alpha value is -1.24. The fourth-order valence-corrected chi connectivity index (χ4v) is 11.6. The van der Waals surface area contributed by atoms with Crippen molar-refractivity contribution in [1.82, 2.24) is 0 Å². The molecule has 32 heavy (non-hydrogen) atoms. The van der Waals surface area contributed by atoms with Gasteiger partial charge in [-0.3, -0.25) is 0 Å². The van der Waals surface area contributed by atoms with Crippen molar-refractivity contribution in [3.8, 4) is 11.1 Å². The van der Waals surface area contributed by atoms with Crippen LogP contribution < -0.4 is 0 Å². The smallest absolute Gasteiger partial charge is 0.0409 e. The standard InChI is InChI=1S/C30H28Cl2/c31-16-3-5-18-19-6-4-17(32)9-27(19)30(26(18)8-16)12-24-21-11-23(25(24)13-30)29-22(21)10-20-14-1-2-15(7-14)28(20)29/h1-6,8-9,14-15,20-25,28-29H,7,10-13H2. The molecule has 2 heteroatoms. The summed E-state index contributed by atoms with van der Waals surface area (Å²) in [4.78, 5) is 0. The molecule has 1 spiro atoms. The van der Waals surface area contributed by atoms with Crippen LogP contribution >= 0.6 is 23.2 Å². The minimum Gasteiger partial charge on any atom is -0.0848 e. The minimum atomic E-state index is 0.138. The van der Waals surface area contributed by atoms with Crippen molar-refractivity contribution in [2.45, 2.75) is 37.5 Å². The molecule has 0 aliphatic heterocycles. The van der Waals surface area contributed by atoms with E-state index in [2.05, 4.69) is 48.6 Å². The topological polar surface area (TPSA) is 0 Å². The number of rotatable bonds is 0. The Morgan fingerprint density at radius 2 is 1.19 bits per heavy atom. The number of allylic oxidation sites excluding steroid dienone is 2. The maximum absolute atomic E-state index is 6.59. The molecule has 2 aromatic rings. The summed E-state index contributed by atoms with van der Waals surface area (Å²) in [5, 5.41) is 1.77. The number of halogens is 2. The first-order valence-corrected chi connectivity index (χ1v) is 13.7. The van der Waals surface area contributed by atoms with E-state index in [0.717, 1.165) is 69.2 Å². The molecule has 0 amide bonds. The zero-order chi connectivity index (χ0) is 20.9. The molecule has 10 unspecified atom stereocenters. The SMILES string of the molecule is Clc1ccc2c(c1)C1(CC3C(C1)C1CC3C3CC4C5C=CC(C5)C4C13)c1cc(Cl)ccc1-2. The van der Waals surface area contributed by atoms with E-state index >= 15 is 0 Å². The average Bonchev–Trinajstić information content (AvgIpc) is 3.60. The second-order valence-corrected chi connectivity index (χ2v) is 13.3. The van der Waals surface area contributed by atoms with Crippen molar-refractivity contribution >= 4 is 23.2 Å². The zero-order valence-corrected chi connectivity index (χ0v) is 19.7. The second-order valence-electron chi connectivity index (χ2n) is 12.4. The van der Waals surface area contributed by atoms with Crippen LogP contribution in [0.5, 0.6) is 0 Å². The van der Waals surface area contributed by atoms with Crippen LogP contribution in [-0.4, -0.2) is 0 Å². The predicted octanol–water partition coefficient (Wildman–Crippen LogP) is 8.01. The summed E-state index contributed by atoms with van der Waals surface area (Å²) >= 11 is 13.2. The van der Waals surface area contributed by atoms with Crippen molar-refractivity contribution in [1.29, 1.82) is 0 Å². The van der Waals surface area contributed by atoms with E-state index in [0.29, 0.717) is 0 Å². The second kappa shape index (κ2) is 5.69. The molecule has 0 radical (unpaired) electrons. The Morgan fingerprint density at radius 1 is 0.594 bits per heavy atom. The van der Waals surface area contributed by atoms with Crippen molar-refractivity contribution in [3.63, 3.8) is 0 Å². The summed E-state index contributed by atoms with van der Waals surface area (Å²) < 4.78 is 0. The highest BCUT2D eigenvalue weighted by molar-refractivity contribution is 6.31. The van der Waals surface area contributed by atoms with Crippen LogP contribution in [0.15, 0.2) is 48.6 Å². The molecule has 10 atom stereocenters. The highest BCUT2D eigenvalue weighted by Crippen LogP contribution is 2.76. The lowest BCUT2D eigenvalue weighted by Gasteiger charge is -2.38. The number of benzene rings is 2. The van der Waals surface area contributed by atoms with Gasteiger partial charge in [-0.2, -0.15) is 0 Å². The van der Waals surface area contributed by atoms with Crippen molar-refractivity contribution in [3.05, 3.63) is 69.7 Å². The molecule has 0 saturated heterocycles. The molecular weight excluding hydrogens is 431 g/mol. The van der Waals surface area contributed by atoms with Gasteiger partial charge in [-0.15, -0.1) is 0 Å². The highest BCUT2D eigenvalue weighted by Gasteiger charge is 2.70. The van der Waals surface area contributed by atoms with Crippen molar-refractivity contribution in [2.75, 3.05) is 0 Å². The maximum atomic E-state index is 6.59. The molecule has 0 aromatic heterocycles. The van der Waals surface area contributed by atoms with E-state index in [1.54, 1.807) is 6.42 Å². The Bertz CT molecular complexity index is 1170. The van der Waals surface area contributed by atoms with Crippen LogP contribution in [-0.2, 0) is 5.41 Å². The first-order valence-electron chi connectivity index (χ1n) is 12.9. The van der Waals surface area contributed by atoms with Crippen molar-refractivity contribution < 1.29 is 0 Å². The largest absolute Gasteiger partial charge is 0.0848 e. The van der Waals surface area contributed by atoms with Gasteiger partial charge in [0.05, 0.1) is 0 Å². The quantitative estimate of drug-likeness (QED) is 0.350. The van der Waals surface area contributed by atoms with E-state index < -0.39 is 0 Å². The molecule has 5 saturated carbocycles. The van der Waals surface area contributed by atoms with Gasteiger partial charge in [0.1, 0.15) is 0 Å². The molecule has 7 aliphatic rings. The summed E-state index contributed by atoms with van der Waals surface area (Å²) in [6, 6.07) is 13.3. The molecule has 0 N–H and O–H groups in total. The van der Waals surface area contributed by atoms with Gasteiger partial charge in [0.25, 0.3) is 0 Å². The normalized spacial score (nSPS) is 46.6. The Morgan fingerprint density at radius 3 is 1.91 bits per heavy atom. The molecular formula is C30H28Cl2. The first kappa shape index (κ1) is 18.1. The molecule has 7 aliphatic carbocycles. The van der Waals surface area contributed by atoms with Crippen LogP contribution in [0.4, 0.5) is 0 Å². The van der Waals surface area contributed by atoms with Crippen molar-refractivity contribution in [2.24, 2.45) is 59.2 Å². The van der Waals surface area contributed by atoms with E-state index in [1.165, 1.54) is 47.9 Å². The third-order valence-corrected chi connectivity index (χ3v) is 12.3. The predicted molar refractivity (Wildman–Crippen MR) is 130 cm³/mol. The molecule has 9 rings (SSSR count). The van der Waals surface area contributed by atoms with Gasteiger partial charge >= 0.3 is 0 Å². The Balaban J connectivity index is 1.17. The van der Waals surface area contributed by atoms with Gasteiger partial charge in [0.2, 0.25) is 0 Å². The highest BCUT2D eigenvalue weighted by atomic mass is 35.5. The Labute approximate surface area is 200 Å². The molecule has 5 fully saturated rings. The van der Waals surface area contributed by atoms with Gasteiger partial charge < -0.3 is 0 Å². The van der Waals surface area contributed by atoms with E-state index in [-0.39, 0.29) is 5.41 Å². The fraction of sp³-hybridized carbons (Fsp3) is 0.533. The molecule has 162 valence electrons. The lowest BCUT2D eigenvalue weighted by atomic mass is 9.67. The average molecular weight is 459 g/mol. The third-order valence-electron chi connectivity index (χ3n) is 11.9. The summed E-state index contributed by atoms with van der Waals surface area (Å²) in [6.45, 7) is 0. The van der Waals surface area contributed by atoms with Crippen LogP contribution in [0, 0.1) is 59.2 Å². The van der Waals surface area contributed by atoms with Crippen LogP contribution in [0.25, 0.3) is 11.1 Å². The summed E-state index contributed by atoms with van der Waals surface area (Å²) in [5.41, 5.74) is 5.96. The molecule has 0 heterocycles. The van der Waals surface area contributed by atoms with Crippen LogP contribution in [0.1, 0.15) is 43.2 Å². The molecule has 4 bridgehead atoms. The van der Waals surface area contributed by atoms with Crippen LogP contribution in [0.2, 0.25) is 10.0 Å². The number of hydrogen-bond donors (Lipinski definition) is 0. The van der Waals surface area contributed by atoms with E-state index in [9.17, 15) is 0 Å². The van der Waals surface area contributed by atoms with E-state index in [4.69, 9.17) is 23.2 Å². The minimum absolute atomic E-state index is 0.138. The van der Waals surface area contributed by atoms with Crippen LogP contribution in [0.3, 0.4) is 0 Å². The van der Waals surface area contributed by atoms with Gasteiger partial charge in [-0.05, 0) is 138 Å². The molecule has 2 aromatic carbocycles. The zero-order valence-electron chi connectivity index (χ0n) is 18.2. The number of hydrogen-bond acceptors (Lipinski definition) is 0. The fourth-order valence-electron chi connectivity index (χ4n) is 11.3. The summed E-state index contributed by atoms with van der Waals surface area (Å²) in [5.74, 6) is 9.71. The monoisotopic (exact) mass is 458 g/mol. The lowest BCUT2D eigenvalue weighted by Crippen LogP contribution is -2.33. The molecule has 0 nitrogen and oxygen atoms in total. The summed E-state index contributed by atoms with van der Waals surface area (Å²) in [7, 11) is 0. The van der Waals surface area contributed by atoms with E-state index in [1.807, 2.05) is 0 Å². The van der Waals surface area contributed by atoms with Gasteiger partial charge in [0, 0.05) is 15.5 Å². The van der Waals surface area contributed by atoms with Gasteiger partial charge in [0.15, 0.2) is 0 Å². The van der Waals surface area contributed by atoms with Gasteiger partial charge in [-0.1, -0.05) is 47.5 Å². The Kier molecular flexibility index (Phi) is 3.23. The maximum Gasteiger partial charge on any atom is 0.0409 e. The summed E-state index contributed by atoms with van der Waals surface area (Å²) in [6.07, 6.45) is 12.4. The number of fused-ring (bicyclic) bond motifs is 19.